The molecule has 0 radical (unpaired) electrons. The molecule has 8 nitrogen and oxygen atoms in total. The number of piperidine rings is 1. The largest absolute Gasteiger partial charge is 0.489 e. The summed E-state index contributed by atoms with van der Waals surface area (Å²) in [6, 6.07) is 9.15. The van der Waals surface area contributed by atoms with Crippen molar-refractivity contribution < 1.29 is 27.2 Å². The van der Waals surface area contributed by atoms with Gasteiger partial charge in [0.1, 0.15) is 17.7 Å². The van der Waals surface area contributed by atoms with Crippen LogP contribution in [-0.2, 0) is 26.2 Å². The van der Waals surface area contributed by atoms with Crippen LogP contribution in [0.5, 0.6) is 5.75 Å². The van der Waals surface area contributed by atoms with E-state index in [2.05, 4.69) is 9.88 Å². The zero-order valence-corrected chi connectivity index (χ0v) is 22.4. The third-order valence-corrected chi connectivity index (χ3v) is 9.32. The quantitative estimate of drug-likeness (QED) is 0.244. The highest BCUT2D eigenvalue weighted by Gasteiger charge is 2.42. The maximum absolute atomic E-state index is 14.3. The average molecular weight is 586 g/mol. The van der Waals surface area contributed by atoms with Crippen LogP contribution in [0.1, 0.15) is 31.2 Å². The lowest BCUT2D eigenvalue weighted by Crippen LogP contribution is -2.45. The van der Waals surface area contributed by atoms with Gasteiger partial charge in [-0.15, -0.1) is 11.3 Å². The zero-order chi connectivity index (χ0) is 26.2. The summed E-state index contributed by atoms with van der Waals surface area (Å²) in [6.07, 6.45) is 3.32. The molecule has 1 aromatic heterocycles. The lowest BCUT2D eigenvalue weighted by atomic mass is 9.98. The van der Waals surface area contributed by atoms with E-state index in [4.69, 9.17) is 32.8 Å². The lowest BCUT2D eigenvalue weighted by Gasteiger charge is -2.39. The van der Waals surface area contributed by atoms with Crippen LogP contribution in [0.25, 0.3) is 0 Å². The van der Waals surface area contributed by atoms with Crippen LogP contribution in [0.15, 0.2) is 52.2 Å². The van der Waals surface area contributed by atoms with Crippen molar-refractivity contribution in [1.82, 2.24) is 9.88 Å². The first-order valence-electron chi connectivity index (χ1n) is 11.5. The van der Waals surface area contributed by atoms with Crippen LogP contribution in [0.4, 0.5) is 10.2 Å². The van der Waals surface area contributed by atoms with Crippen LogP contribution in [0.2, 0.25) is 10.0 Å². The molecular formula is C24H22Cl2FN3O5S2. The summed E-state index contributed by atoms with van der Waals surface area (Å²) in [5.41, 5.74) is 1.99. The molecule has 2 fully saturated rings. The molecule has 2 saturated heterocycles. The van der Waals surface area contributed by atoms with Crippen LogP contribution in [0, 0.1) is 5.82 Å². The van der Waals surface area contributed by atoms with Gasteiger partial charge in [0.15, 0.2) is 5.82 Å². The van der Waals surface area contributed by atoms with Crippen molar-refractivity contribution in [2.75, 3.05) is 4.47 Å². The highest BCUT2D eigenvalue weighted by Crippen LogP contribution is 2.40. The van der Waals surface area contributed by atoms with Gasteiger partial charge in [0, 0.05) is 34.6 Å². The van der Waals surface area contributed by atoms with E-state index in [1.165, 1.54) is 35.2 Å². The second kappa shape index (κ2) is 10.7. The minimum atomic E-state index is -4.27. The number of anilines is 1. The molecule has 3 aromatic rings. The fourth-order valence-electron chi connectivity index (χ4n) is 5.02. The van der Waals surface area contributed by atoms with Crippen molar-refractivity contribution in [1.29, 1.82) is 0 Å². The minimum Gasteiger partial charge on any atom is -0.489 e. The molecule has 13 heteroatoms. The topological polar surface area (TPSA) is 89.0 Å². The van der Waals surface area contributed by atoms with Gasteiger partial charge in [0.2, 0.25) is 0 Å². The Labute approximate surface area is 227 Å². The number of halogens is 3. The normalized spacial score (nSPS) is 21.5. The molecule has 3 heterocycles. The van der Waals surface area contributed by atoms with Crippen LogP contribution < -0.4 is 9.21 Å². The molecule has 2 aliphatic rings. The summed E-state index contributed by atoms with van der Waals surface area (Å²) >= 11 is 13.6. The number of benzene rings is 2. The molecule has 0 unspecified atom stereocenters. The number of fused-ring (bicyclic) bond motifs is 2. The third kappa shape index (κ3) is 5.42. The third-order valence-electron chi connectivity index (χ3n) is 6.66. The van der Waals surface area contributed by atoms with E-state index in [1.807, 2.05) is 0 Å². The number of ether oxygens (including phenoxy) is 1. The van der Waals surface area contributed by atoms with Gasteiger partial charge in [-0.2, -0.15) is 8.42 Å². The Balaban J connectivity index is 1.28. The van der Waals surface area contributed by atoms with Gasteiger partial charge in [-0.1, -0.05) is 27.7 Å². The van der Waals surface area contributed by atoms with Gasteiger partial charge in [0.05, 0.1) is 15.4 Å². The highest BCUT2D eigenvalue weighted by atomic mass is 35.5. The number of hydrogen-bond donors (Lipinski definition) is 0. The van der Waals surface area contributed by atoms with Gasteiger partial charge in [-0.25, -0.2) is 9.37 Å². The Morgan fingerprint density at radius 1 is 1.16 bits per heavy atom. The molecule has 37 heavy (non-hydrogen) atoms. The SMILES string of the molecule is O=CON(c1cscn1)S(=O)(=O)c1ccc(O[C@@H]2C[C@H]3CC[C@@H](C2)N3Cc2cc(Cl)ccc2F)c(Cl)c1. The van der Waals surface area contributed by atoms with Crippen molar-refractivity contribution in [3.63, 3.8) is 0 Å². The predicted molar refractivity (Wildman–Crippen MR) is 138 cm³/mol. The molecule has 0 amide bonds. The minimum absolute atomic E-state index is 0.0113. The summed E-state index contributed by atoms with van der Waals surface area (Å²) in [6.45, 7) is 0.498. The first-order chi connectivity index (χ1) is 17.8. The number of hydrogen-bond acceptors (Lipinski definition) is 8. The van der Waals surface area contributed by atoms with Crippen molar-refractivity contribution in [3.05, 3.63) is 68.7 Å². The van der Waals surface area contributed by atoms with E-state index in [0.29, 0.717) is 27.3 Å². The molecule has 0 spiro atoms. The number of aromatic nitrogens is 1. The van der Waals surface area contributed by atoms with Gasteiger partial charge in [-0.05, 0) is 62.1 Å². The van der Waals surface area contributed by atoms with Gasteiger partial charge >= 0.3 is 6.47 Å². The monoisotopic (exact) mass is 585 g/mol. The van der Waals surface area contributed by atoms with E-state index in [-0.39, 0.29) is 46.2 Å². The van der Waals surface area contributed by atoms with Crippen LogP contribution in [-0.4, -0.2) is 43.0 Å². The lowest BCUT2D eigenvalue weighted by molar-refractivity contribution is -0.128. The van der Waals surface area contributed by atoms with Gasteiger partial charge in [-0.3, -0.25) is 9.69 Å². The Morgan fingerprint density at radius 3 is 2.57 bits per heavy atom. The van der Waals surface area contributed by atoms with Crippen molar-refractivity contribution in [3.8, 4) is 5.75 Å². The molecule has 0 aliphatic carbocycles. The number of sulfonamides is 1. The van der Waals surface area contributed by atoms with Crippen LogP contribution >= 0.6 is 34.5 Å². The summed E-state index contributed by atoms with van der Waals surface area (Å²) in [7, 11) is -4.27. The maximum atomic E-state index is 14.3. The molecule has 3 atom stereocenters. The fourth-order valence-corrected chi connectivity index (χ4v) is 7.27. The van der Waals surface area contributed by atoms with Crippen molar-refractivity contribution >= 4 is 56.9 Å². The smallest absolute Gasteiger partial charge is 0.322 e. The number of thiazole rings is 1. The number of carbonyl (C=O) groups is 1. The van der Waals surface area contributed by atoms with E-state index in [0.717, 1.165) is 37.0 Å². The number of nitrogens with zero attached hydrogens (tertiary/aromatic N) is 3. The summed E-state index contributed by atoms with van der Waals surface area (Å²) in [4.78, 5) is 21.6. The average Bonchev–Trinajstić information content (AvgIpc) is 3.47. The zero-order valence-electron chi connectivity index (χ0n) is 19.3. The second-order valence-electron chi connectivity index (χ2n) is 8.88. The first-order valence-corrected chi connectivity index (χ1v) is 14.6. The summed E-state index contributed by atoms with van der Waals surface area (Å²) in [5.74, 6) is 0.0418. The van der Waals surface area contributed by atoms with E-state index < -0.39 is 10.0 Å². The molecule has 196 valence electrons. The van der Waals surface area contributed by atoms with Crippen LogP contribution in [0.3, 0.4) is 0 Å². The highest BCUT2D eigenvalue weighted by molar-refractivity contribution is 7.92. The Hall–Kier alpha value is -2.44. The molecule has 2 bridgehead atoms. The Bertz CT molecular complexity index is 1380. The number of carbonyl (C=O) groups excluding carboxylic acids is 1. The fraction of sp³-hybridized carbons (Fsp3) is 0.333. The standard InChI is InChI=1S/C24H22Cl2FN3O5S2/c25-16-1-5-22(27)15(7-16)11-29-17-2-3-18(29)9-19(8-17)35-23-6-4-20(10-21(23)26)37(32,33)30(34-14-31)24-12-36-13-28-24/h1,4-7,10,12-14,17-19H,2-3,8-9,11H2/t17-,18+,19-. The van der Waals surface area contributed by atoms with E-state index >= 15 is 0 Å². The van der Waals surface area contributed by atoms with E-state index in [1.54, 1.807) is 12.1 Å². The van der Waals surface area contributed by atoms with Crippen molar-refractivity contribution in [2.24, 2.45) is 0 Å². The Morgan fingerprint density at radius 2 is 1.92 bits per heavy atom. The molecule has 2 aromatic carbocycles. The van der Waals surface area contributed by atoms with E-state index in [9.17, 15) is 17.6 Å². The molecule has 2 aliphatic heterocycles. The summed E-state index contributed by atoms with van der Waals surface area (Å²) < 4.78 is 47.1. The van der Waals surface area contributed by atoms with Gasteiger partial charge < -0.3 is 9.57 Å². The molecule has 0 saturated carbocycles. The van der Waals surface area contributed by atoms with Crippen molar-refractivity contribution in [2.45, 2.75) is 55.3 Å². The van der Waals surface area contributed by atoms with Gasteiger partial charge in [0.25, 0.3) is 10.0 Å². The maximum Gasteiger partial charge on any atom is 0.322 e. The molecule has 0 N–H and O–H groups in total. The Kier molecular flexibility index (Phi) is 7.60. The first kappa shape index (κ1) is 26.2. The predicted octanol–water partition coefficient (Wildman–Crippen LogP) is 5.45. The second-order valence-corrected chi connectivity index (χ2v) is 12.2. The number of rotatable bonds is 9. The molecule has 5 rings (SSSR count). The summed E-state index contributed by atoms with van der Waals surface area (Å²) in [5, 5.41) is 2.05. The molecular weight excluding hydrogens is 564 g/mol.